The lowest BCUT2D eigenvalue weighted by molar-refractivity contribution is 0.583. The lowest BCUT2D eigenvalue weighted by atomic mass is 9.87. The molecule has 1 aliphatic heterocycles. The van der Waals surface area contributed by atoms with Crippen molar-refractivity contribution in [2.45, 2.75) is 19.9 Å². The van der Waals surface area contributed by atoms with Crippen LogP contribution in [0, 0.1) is 11.6 Å². The third-order valence-electron chi connectivity index (χ3n) is 9.71. The zero-order chi connectivity index (χ0) is 38.6. The molecule has 1 atom stereocenters. The highest BCUT2D eigenvalue weighted by Crippen LogP contribution is 2.37. The van der Waals surface area contributed by atoms with Gasteiger partial charge in [-0.3, -0.25) is 15.0 Å². The van der Waals surface area contributed by atoms with Gasteiger partial charge >= 0.3 is 0 Å². The number of fused-ring (bicyclic) bond motifs is 6. The normalized spacial score (nSPS) is 15.7. The highest BCUT2D eigenvalue weighted by atomic mass is 19.1. The predicted molar refractivity (Wildman–Crippen MR) is 226 cm³/mol. The minimum absolute atomic E-state index is 0.00302. The number of rotatable bonds is 8. The summed E-state index contributed by atoms with van der Waals surface area (Å²) in [5.74, 6) is -1.33. The first-order chi connectivity index (χ1) is 27.4. The van der Waals surface area contributed by atoms with Gasteiger partial charge in [-0.15, -0.1) is 0 Å². The second-order valence-electron chi connectivity index (χ2n) is 13.3. The van der Waals surface area contributed by atoms with Gasteiger partial charge in [0.25, 0.3) is 0 Å². The van der Waals surface area contributed by atoms with E-state index in [2.05, 4.69) is 46.2 Å². The third kappa shape index (κ3) is 7.32. The van der Waals surface area contributed by atoms with Crippen molar-refractivity contribution in [3.63, 3.8) is 0 Å². The average molecular weight is 735 g/mol. The number of hydrogen-bond donors (Lipinski definition) is 1. The molecule has 6 aromatic rings. The molecule has 0 fully saturated rings. The zero-order valence-electron chi connectivity index (χ0n) is 30.8. The van der Waals surface area contributed by atoms with E-state index in [1.165, 1.54) is 12.1 Å². The first kappa shape index (κ1) is 35.8. The maximum Gasteiger partial charge on any atom is 0.160 e. The highest BCUT2D eigenvalue weighted by molar-refractivity contribution is 6.13. The van der Waals surface area contributed by atoms with Crippen LogP contribution in [-0.2, 0) is 0 Å². The summed E-state index contributed by atoms with van der Waals surface area (Å²) in [6.45, 7) is 7.98. The topological polar surface area (TPSA) is 75.4 Å². The van der Waals surface area contributed by atoms with E-state index in [1.54, 1.807) is 12.4 Å². The lowest BCUT2D eigenvalue weighted by Gasteiger charge is -2.27. The van der Waals surface area contributed by atoms with Gasteiger partial charge in [0.05, 0.1) is 28.5 Å². The van der Waals surface area contributed by atoms with Gasteiger partial charge in [0.1, 0.15) is 11.6 Å². The second-order valence-corrected chi connectivity index (χ2v) is 13.3. The van der Waals surface area contributed by atoms with Crippen LogP contribution in [0.4, 0.5) is 8.78 Å². The number of hydrogen-bond acceptors (Lipinski definition) is 5. The maximum absolute atomic E-state index is 14.6. The van der Waals surface area contributed by atoms with Crippen LogP contribution in [-0.4, -0.2) is 26.5 Å². The van der Waals surface area contributed by atoms with Crippen LogP contribution < -0.4 is 5.32 Å². The number of halogens is 2. The van der Waals surface area contributed by atoms with Gasteiger partial charge in [0.15, 0.2) is 5.84 Å². The highest BCUT2D eigenvalue weighted by Gasteiger charge is 2.24. The van der Waals surface area contributed by atoms with Gasteiger partial charge in [-0.05, 0) is 89.9 Å². The Bertz CT molecular complexity index is 2760. The fourth-order valence-corrected chi connectivity index (χ4v) is 6.97. The van der Waals surface area contributed by atoms with Crippen molar-refractivity contribution in [1.29, 1.82) is 0 Å². The molecule has 272 valence electrons. The van der Waals surface area contributed by atoms with Gasteiger partial charge in [-0.1, -0.05) is 97.7 Å². The Morgan fingerprint density at radius 3 is 2.46 bits per heavy atom. The van der Waals surface area contributed by atoms with E-state index in [4.69, 9.17) is 15.0 Å². The van der Waals surface area contributed by atoms with Crippen LogP contribution >= 0.6 is 0 Å². The summed E-state index contributed by atoms with van der Waals surface area (Å²) in [6.07, 6.45) is 25.3. The molecule has 0 saturated carbocycles. The Kier molecular flexibility index (Phi) is 10.0. The van der Waals surface area contributed by atoms with Crippen molar-refractivity contribution < 1.29 is 8.78 Å². The average Bonchev–Trinajstić information content (AvgIpc) is 3.22. The minimum Gasteiger partial charge on any atom is -0.379 e. The monoisotopic (exact) mass is 734 g/mol. The fraction of sp³-hybridized carbons (Fsp3) is 0.0625. The number of aromatic nitrogens is 3. The largest absolute Gasteiger partial charge is 0.379 e. The van der Waals surface area contributed by atoms with Crippen LogP contribution in [0.15, 0.2) is 174 Å². The van der Waals surface area contributed by atoms with Crippen LogP contribution in [0.5, 0.6) is 0 Å². The lowest BCUT2D eigenvalue weighted by Crippen LogP contribution is -2.23. The van der Waals surface area contributed by atoms with Crippen LogP contribution in [0.3, 0.4) is 0 Å². The number of dihydropyridines is 1. The molecule has 0 saturated heterocycles. The van der Waals surface area contributed by atoms with Crippen molar-refractivity contribution in [2.24, 2.45) is 9.98 Å². The predicted octanol–water partition coefficient (Wildman–Crippen LogP) is 11.3. The van der Waals surface area contributed by atoms with E-state index in [0.29, 0.717) is 11.4 Å². The summed E-state index contributed by atoms with van der Waals surface area (Å²) in [4.78, 5) is 23.5. The van der Waals surface area contributed by atoms with Crippen LogP contribution in [0.1, 0.15) is 47.8 Å². The Morgan fingerprint density at radius 2 is 1.64 bits per heavy atom. The van der Waals surface area contributed by atoms with Crippen molar-refractivity contribution in [3.05, 3.63) is 203 Å². The van der Waals surface area contributed by atoms with Crippen molar-refractivity contribution in [1.82, 2.24) is 20.3 Å². The number of allylic oxidation sites excluding steroid dienone is 7. The Morgan fingerprint density at radius 1 is 0.839 bits per heavy atom. The summed E-state index contributed by atoms with van der Waals surface area (Å²) < 4.78 is 29.2. The van der Waals surface area contributed by atoms with Crippen molar-refractivity contribution in [3.8, 4) is 11.1 Å². The number of pyridine rings is 3. The summed E-state index contributed by atoms with van der Waals surface area (Å²) in [7, 11) is 0. The zero-order valence-corrected chi connectivity index (χ0v) is 30.8. The molecule has 1 N–H and O–H groups in total. The molecule has 2 aliphatic rings. The molecule has 8 rings (SSSR count). The minimum atomic E-state index is -0.730. The van der Waals surface area contributed by atoms with Gasteiger partial charge in [-0.2, -0.15) is 0 Å². The van der Waals surface area contributed by atoms with Gasteiger partial charge < -0.3 is 5.32 Å². The molecular formula is C48H36F2N6. The molecule has 0 radical (unpaired) electrons. The fourth-order valence-electron chi connectivity index (χ4n) is 6.97. The molecule has 0 bridgehead atoms. The first-order valence-electron chi connectivity index (χ1n) is 18.2. The van der Waals surface area contributed by atoms with Crippen LogP contribution in [0.25, 0.3) is 50.8 Å². The number of nitrogens with zero attached hydrogens (tertiary/aromatic N) is 5. The first-order valence-corrected chi connectivity index (χ1v) is 18.2. The standard InChI is InChI=1S/C48H36F2N6/c1-4-8-32(9-5-10-34-21-25-53-46-42(34)19-17-36-11-6-23-51-44(36)46)30(2)55-48(38-27-39(49)29-40(50)28-38)56-31(3)33-13-15-35(16-14-33)41-22-26-54-47-43(41)20-18-37-12-7-24-52-45(37)47/h4-29,45,52H,3H2,1-2H3/b8-4-,10-5+,32-9+,55-30+,56-48-. The molecule has 0 spiro atoms. The molecule has 1 aliphatic carbocycles. The third-order valence-corrected chi connectivity index (χ3v) is 9.71. The summed E-state index contributed by atoms with van der Waals surface area (Å²) in [5, 5.41) is 5.42. The van der Waals surface area contributed by atoms with E-state index >= 15 is 0 Å². The second kappa shape index (κ2) is 15.7. The Labute approximate surface area is 323 Å². The van der Waals surface area contributed by atoms with E-state index in [9.17, 15) is 8.78 Å². The molecular weight excluding hydrogens is 699 g/mol. The smallest absolute Gasteiger partial charge is 0.160 e. The molecule has 6 nitrogen and oxygen atoms in total. The number of nitrogens with one attached hydrogen (secondary N) is 1. The summed E-state index contributed by atoms with van der Waals surface area (Å²) >= 11 is 0. The molecule has 0 amide bonds. The molecule has 56 heavy (non-hydrogen) atoms. The summed E-state index contributed by atoms with van der Waals surface area (Å²) in [6, 6.07) is 23.2. The van der Waals surface area contributed by atoms with Gasteiger partial charge in [0, 0.05) is 52.3 Å². The van der Waals surface area contributed by atoms with E-state index in [-0.39, 0.29) is 17.4 Å². The maximum atomic E-state index is 14.6. The molecule has 4 heterocycles. The molecule has 3 aromatic carbocycles. The number of benzene rings is 3. The Hall–Kier alpha value is -7.19. The molecule has 8 heteroatoms. The molecule has 3 aromatic heterocycles. The number of amidine groups is 1. The van der Waals surface area contributed by atoms with Gasteiger partial charge in [0.2, 0.25) is 0 Å². The summed E-state index contributed by atoms with van der Waals surface area (Å²) in [5.41, 5.74) is 10.6. The Balaban J connectivity index is 1.11. The number of aliphatic imine (C=N–C) groups is 2. The van der Waals surface area contributed by atoms with Crippen LogP contribution in [0.2, 0.25) is 0 Å². The quantitative estimate of drug-likeness (QED) is 0.0731. The van der Waals surface area contributed by atoms with E-state index < -0.39 is 11.6 Å². The van der Waals surface area contributed by atoms with Crippen molar-refractivity contribution in [2.75, 3.05) is 0 Å². The van der Waals surface area contributed by atoms with E-state index in [1.807, 2.05) is 117 Å². The van der Waals surface area contributed by atoms with Crippen molar-refractivity contribution >= 4 is 51.2 Å². The SMILES string of the molecule is C=C(/N=C(\N=C(/C)C(=C/C=C/c1ccnc2c1ccc1cccnc12)/C=C\C)c1cc(F)cc(F)c1)c1ccc(-c2ccnc3c2C=CC2=CC=CNC23)cc1. The van der Waals surface area contributed by atoms with Gasteiger partial charge in [-0.25, -0.2) is 18.8 Å². The molecule has 1 unspecified atom stereocenters. The van der Waals surface area contributed by atoms with E-state index in [0.717, 1.165) is 72.5 Å².